The van der Waals surface area contributed by atoms with Gasteiger partial charge in [0, 0.05) is 32.5 Å². The Morgan fingerprint density at radius 2 is 2.21 bits per heavy atom. The van der Waals surface area contributed by atoms with Gasteiger partial charge in [-0.15, -0.1) is 0 Å². The first-order valence-electron chi connectivity index (χ1n) is 6.01. The van der Waals surface area contributed by atoms with Crippen LogP contribution < -0.4 is 5.32 Å². The van der Waals surface area contributed by atoms with Crippen molar-refractivity contribution in [3.05, 3.63) is 26.2 Å². The van der Waals surface area contributed by atoms with E-state index >= 15 is 0 Å². The molecule has 1 aliphatic carbocycles. The number of hydrogen-bond acceptors (Lipinski definition) is 1. The van der Waals surface area contributed by atoms with E-state index in [0.717, 1.165) is 8.04 Å². The van der Waals surface area contributed by atoms with Crippen LogP contribution in [0.2, 0.25) is 0 Å². The predicted octanol–water partition coefficient (Wildman–Crippen LogP) is 4.82. The molecule has 1 atom stereocenters. The molecule has 0 aromatic heterocycles. The lowest BCUT2D eigenvalue weighted by atomic mass is 9.86. The summed E-state index contributed by atoms with van der Waals surface area (Å²) in [4.78, 5) is 12.0. The highest BCUT2D eigenvalue weighted by atomic mass is 127. The van der Waals surface area contributed by atoms with Gasteiger partial charge in [0.15, 0.2) is 0 Å². The first kappa shape index (κ1) is 15.2. The third-order valence-corrected chi connectivity index (χ3v) is 5.52. The number of anilines is 1. The van der Waals surface area contributed by atoms with Gasteiger partial charge in [0.05, 0.1) is 0 Å². The molecule has 1 aromatic rings. The summed E-state index contributed by atoms with van der Waals surface area (Å²) in [5.74, 6) is -3.60. The molecule has 2 nitrogen and oxygen atoms in total. The van der Waals surface area contributed by atoms with E-state index < -0.39 is 11.8 Å². The number of benzene rings is 1. The predicted molar refractivity (Wildman–Crippen MR) is 82.4 cm³/mol. The molecule has 1 unspecified atom stereocenters. The van der Waals surface area contributed by atoms with Gasteiger partial charge in [-0.25, -0.2) is 8.78 Å². The summed E-state index contributed by atoms with van der Waals surface area (Å²) in [6.07, 6.45) is 0.497. The van der Waals surface area contributed by atoms with E-state index in [9.17, 15) is 13.6 Å². The number of alkyl halides is 2. The monoisotopic (exact) mass is 443 g/mol. The third kappa shape index (κ3) is 4.11. The summed E-state index contributed by atoms with van der Waals surface area (Å²) in [5.41, 5.74) is 0.645. The molecule has 0 heterocycles. The van der Waals surface area contributed by atoms with Crippen LogP contribution in [0.25, 0.3) is 0 Å². The van der Waals surface area contributed by atoms with Crippen molar-refractivity contribution >= 4 is 50.1 Å². The molecular weight excluding hydrogens is 431 g/mol. The highest BCUT2D eigenvalue weighted by Gasteiger charge is 2.39. The van der Waals surface area contributed by atoms with Crippen molar-refractivity contribution in [3.8, 4) is 0 Å². The molecule has 0 saturated heterocycles. The second kappa shape index (κ2) is 6.03. The SMILES string of the molecule is O=C(Nc1ccc(Br)c(I)c1)C1CCCC(F)(F)C1. The molecule has 1 aromatic carbocycles. The number of amides is 1. The van der Waals surface area contributed by atoms with Crippen molar-refractivity contribution in [2.45, 2.75) is 31.6 Å². The number of nitrogens with one attached hydrogen (secondary N) is 1. The standard InChI is InChI=1S/C13H13BrF2INO/c14-10-4-3-9(6-11(10)17)18-12(19)8-2-1-5-13(15,16)7-8/h3-4,6,8H,1-2,5,7H2,(H,18,19). The molecule has 0 radical (unpaired) electrons. The number of rotatable bonds is 2. The number of carbonyl (C=O) groups excluding carboxylic acids is 1. The Morgan fingerprint density at radius 1 is 1.47 bits per heavy atom. The minimum Gasteiger partial charge on any atom is -0.326 e. The summed E-state index contributed by atoms with van der Waals surface area (Å²) >= 11 is 5.51. The second-order valence-electron chi connectivity index (χ2n) is 4.77. The van der Waals surface area contributed by atoms with Gasteiger partial charge in [-0.2, -0.15) is 0 Å². The molecule has 6 heteroatoms. The van der Waals surface area contributed by atoms with E-state index in [-0.39, 0.29) is 18.7 Å². The first-order chi connectivity index (χ1) is 8.87. The summed E-state index contributed by atoms with van der Waals surface area (Å²) in [5, 5.41) is 2.72. The maximum atomic E-state index is 13.3. The quantitative estimate of drug-likeness (QED) is 0.652. The fourth-order valence-corrected chi connectivity index (χ4v) is 2.98. The Morgan fingerprint density at radius 3 is 2.84 bits per heavy atom. The van der Waals surface area contributed by atoms with E-state index in [1.165, 1.54) is 0 Å². The van der Waals surface area contributed by atoms with Gasteiger partial charge in [0.1, 0.15) is 0 Å². The molecule has 1 amide bonds. The van der Waals surface area contributed by atoms with Crippen LogP contribution in [0.4, 0.5) is 14.5 Å². The highest BCUT2D eigenvalue weighted by molar-refractivity contribution is 14.1. The summed E-state index contributed by atoms with van der Waals surface area (Å²) in [6, 6.07) is 5.39. The maximum absolute atomic E-state index is 13.3. The largest absolute Gasteiger partial charge is 0.326 e. The van der Waals surface area contributed by atoms with E-state index in [4.69, 9.17) is 0 Å². The molecule has 1 fully saturated rings. The van der Waals surface area contributed by atoms with Crippen molar-refractivity contribution in [2.24, 2.45) is 5.92 Å². The van der Waals surface area contributed by atoms with Gasteiger partial charge in [0.25, 0.3) is 0 Å². The normalized spacial score (nSPS) is 22.0. The Balaban J connectivity index is 2.02. The third-order valence-electron chi connectivity index (χ3n) is 3.20. The van der Waals surface area contributed by atoms with E-state index in [1.807, 2.05) is 12.1 Å². The molecule has 1 N–H and O–H groups in total. The Kier molecular flexibility index (Phi) is 4.81. The average molecular weight is 444 g/mol. The molecular formula is C13H13BrF2INO. The average Bonchev–Trinajstić information content (AvgIpc) is 2.32. The first-order valence-corrected chi connectivity index (χ1v) is 7.88. The fourth-order valence-electron chi connectivity index (χ4n) is 2.21. The maximum Gasteiger partial charge on any atom is 0.248 e. The lowest BCUT2D eigenvalue weighted by molar-refractivity contribution is -0.127. The Hall–Kier alpha value is -0.240. The molecule has 1 saturated carbocycles. The van der Waals surface area contributed by atoms with Crippen LogP contribution in [0.1, 0.15) is 25.7 Å². The van der Waals surface area contributed by atoms with E-state index in [2.05, 4.69) is 43.8 Å². The Labute approximate surface area is 132 Å². The van der Waals surface area contributed by atoms with Crippen molar-refractivity contribution < 1.29 is 13.6 Å². The minimum atomic E-state index is -2.70. The summed E-state index contributed by atoms with van der Waals surface area (Å²) in [7, 11) is 0. The molecule has 1 aliphatic rings. The summed E-state index contributed by atoms with van der Waals surface area (Å²) in [6.45, 7) is 0. The zero-order chi connectivity index (χ0) is 14.0. The van der Waals surface area contributed by atoms with E-state index in [0.29, 0.717) is 18.5 Å². The molecule has 0 spiro atoms. The number of hydrogen-bond donors (Lipinski definition) is 1. The van der Waals surface area contributed by atoms with Gasteiger partial charge in [-0.1, -0.05) is 0 Å². The second-order valence-corrected chi connectivity index (χ2v) is 6.78. The zero-order valence-electron chi connectivity index (χ0n) is 10.1. The molecule has 0 aliphatic heterocycles. The molecule has 104 valence electrons. The highest BCUT2D eigenvalue weighted by Crippen LogP contribution is 2.37. The Bertz CT molecular complexity index is 496. The molecule has 19 heavy (non-hydrogen) atoms. The smallest absolute Gasteiger partial charge is 0.248 e. The van der Waals surface area contributed by atoms with E-state index in [1.54, 1.807) is 6.07 Å². The van der Waals surface area contributed by atoms with Gasteiger partial charge >= 0.3 is 0 Å². The van der Waals surface area contributed by atoms with Crippen LogP contribution in [-0.4, -0.2) is 11.8 Å². The van der Waals surface area contributed by atoms with Gasteiger partial charge < -0.3 is 5.32 Å². The van der Waals surface area contributed by atoms with Crippen LogP contribution in [-0.2, 0) is 4.79 Å². The van der Waals surface area contributed by atoms with Crippen LogP contribution in [0, 0.1) is 9.49 Å². The molecule has 0 bridgehead atoms. The van der Waals surface area contributed by atoms with Crippen molar-refractivity contribution in [2.75, 3.05) is 5.32 Å². The zero-order valence-corrected chi connectivity index (χ0v) is 13.8. The van der Waals surface area contributed by atoms with Crippen molar-refractivity contribution in [1.29, 1.82) is 0 Å². The lowest BCUT2D eigenvalue weighted by Gasteiger charge is -2.28. The lowest BCUT2D eigenvalue weighted by Crippen LogP contribution is -2.33. The van der Waals surface area contributed by atoms with Crippen LogP contribution >= 0.6 is 38.5 Å². The van der Waals surface area contributed by atoms with Crippen LogP contribution in [0.15, 0.2) is 22.7 Å². The van der Waals surface area contributed by atoms with Crippen molar-refractivity contribution in [1.82, 2.24) is 0 Å². The van der Waals surface area contributed by atoms with Crippen LogP contribution in [0.3, 0.4) is 0 Å². The topological polar surface area (TPSA) is 29.1 Å². The van der Waals surface area contributed by atoms with Gasteiger partial charge in [-0.05, 0) is 69.6 Å². The number of carbonyl (C=O) groups is 1. The number of halogens is 4. The minimum absolute atomic E-state index is 0.104. The van der Waals surface area contributed by atoms with Crippen molar-refractivity contribution in [3.63, 3.8) is 0 Å². The molecule has 2 rings (SSSR count). The summed E-state index contributed by atoms with van der Waals surface area (Å²) < 4.78 is 28.5. The van der Waals surface area contributed by atoms with Gasteiger partial charge in [0.2, 0.25) is 11.8 Å². The van der Waals surface area contributed by atoms with Gasteiger partial charge in [-0.3, -0.25) is 4.79 Å². The fraction of sp³-hybridized carbons (Fsp3) is 0.462. The van der Waals surface area contributed by atoms with Crippen LogP contribution in [0.5, 0.6) is 0 Å².